The maximum absolute atomic E-state index is 12.1. The van der Waals surface area contributed by atoms with Gasteiger partial charge >= 0.3 is 0 Å². The Morgan fingerprint density at radius 1 is 1.22 bits per heavy atom. The van der Waals surface area contributed by atoms with Crippen LogP contribution in [0.3, 0.4) is 0 Å². The minimum atomic E-state index is -0.177. The Balaban J connectivity index is 1.65. The first kappa shape index (κ1) is 21.5. The molecule has 0 spiro atoms. The summed E-state index contributed by atoms with van der Waals surface area (Å²) in [6, 6.07) is 0.248. The number of aliphatic imine (C=N–C) groups is 1. The van der Waals surface area contributed by atoms with Crippen molar-refractivity contribution in [3.05, 3.63) is 0 Å². The van der Waals surface area contributed by atoms with E-state index in [0.29, 0.717) is 0 Å². The summed E-state index contributed by atoms with van der Waals surface area (Å²) in [5.41, 5.74) is 5.44. The maximum Gasteiger partial charge on any atom is 0.225 e. The molecule has 27 heavy (non-hydrogen) atoms. The zero-order valence-corrected chi connectivity index (χ0v) is 17.0. The van der Waals surface area contributed by atoms with Crippen molar-refractivity contribution >= 4 is 17.8 Å². The SMILES string of the molecule is CN=C(NCCCN1CCCC(C(N)=O)C1)NC1CCN(C(=O)C(C)C)C1. The van der Waals surface area contributed by atoms with Gasteiger partial charge in [0.05, 0.1) is 5.92 Å². The summed E-state index contributed by atoms with van der Waals surface area (Å²) in [5.74, 6) is 0.875. The number of nitrogens with two attached hydrogens (primary N) is 1. The second-order valence-corrected chi connectivity index (χ2v) is 7.96. The third-order valence-electron chi connectivity index (χ3n) is 5.41. The van der Waals surface area contributed by atoms with Gasteiger partial charge in [0, 0.05) is 45.2 Å². The molecule has 4 N–H and O–H groups in total. The molecule has 8 nitrogen and oxygen atoms in total. The summed E-state index contributed by atoms with van der Waals surface area (Å²) in [6.07, 6.45) is 3.88. The Morgan fingerprint density at radius 2 is 2.00 bits per heavy atom. The van der Waals surface area contributed by atoms with Gasteiger partial charge in [-0.05, 0) is 38.8 Å². The molecular weight excluding hydrogens is 344 g/mol. The topological polar surface area (TPSA) is 103 Å². The van der Waals surface area contributed by atoms with Crippen molar-refractivity contribution in [1.82, 2.24) is 20.4 Å². The fourth-order valence-electron chi connectivity index (χ4n) is 3.83. The molecule has 2 heterocycles. The molecule has 0 aromatic carbocycles. The molecule has 0 saturated carbocycles. The molecule has 2 atom stereocenters. The van der Waals surface area contributed by atoms with Crippen LogP contribution in [0.25, 0.3) is 0 Å². The molecule has 2 fully saturated rings. The molecule has 0 aromatic rings. The van der Waals surface area contributed by atoms with Crippen molar-refractivity contribution in [1.29, 1.82) is 0 Å². The van der Waals surface area contributed by atoms with E-state index < -0.39 is 0 Å². The van der Waals surface area contributed by atoms with E-state index in [1.165, 1.54) is 0 Å². The minimum absolute atomic E-state index is 0.00000284. The fraction of sp³-hybridized carbons (Fsp3) is 0.842. The lowest BCUT2D eigenvalue weighted by atomic mass is 9.97. The second-order valence-electron chi connectivity index (χ2n) is 7.96. The third-order valence-corrected chi connectivity index (χ3v) is 5.41. The Hall–Kier alpha value is -1.83. The molecule has 2 aliphatic rings. The van der Waals surface area contributed by atoms with Gasteiger partial charge in [0.15, 0.2) is 5.96 Å². The first-order valence-corrected chi connectivity index (χ1v) is 10.2. The highest BCUT2D eigenvalue weighted by Gasteiger charge is 2.28. The number of likely N-dealkylation sites (tertiary alicyclic amines) is 2. The smallest absolute Gasteiger partial charge is 0.225 e. The van der Waals surface area contributed by atoms with Crippen molar-refractivity contribution in [3.63, 3.8) is 0 Å². The first-order chi connectivity index (χ1) is 12.9. The maximum atomic E-state index is 12.1. The van der Waals surface area contributed by atoms with Gasteiger partial charge in [0.2, 0.25) is 11.8 Å². The molecule has 0 radical (unpaired) electrons. The number of hydrogen-bond acceptors (Lipinski definition) is 4. The third kappa shape index (κ3) is 6.68. The average molecular weight is 381 g/mol. The standard InChI is InChI=1S/C19H36N6O2/c1-14(2)18(27)25-11-7-16(13-25)23-19(21-3)22-8-5-10-24-9-4-6-15(12-24)17(20)26/h14-16H,4-13H2,1-3H3,(H2,20,26)(H2,21,22,23). The van der Waals surface area contributed by atoms with Crippen molar-refractivity contribution in [2.45, 2.75) is 45.6 Å². The summed E-state index contributed by atoms with van der Waals surface area (Å²) in [5, 5.41) is 6.77. The van der Waals surface area contributed by atoms with Crippen molar-refractivity contribution in [2.24, 2.45) is 22.6 Å². The number of hydrogen-bond donors (Lipinski definition) is 3. The molecule has 2 amide bonds. The molecule has 0 aliphatic carbocycles. The predicted octanol–water partition coefficient (Wildman–Crippen LogP) is -0.00430. The average Bonchev–Trinajstić information content (AvgIpc) is 3.12. The second kappa shape index (κ2) is 10.5. The van der Waals surface area contributed by atoms with E-state index in [2.05, 4.69) is 20.5 Å². The van der Waals surface area contributed by atoms with Crippen molar-refractivity contribution in [2.75, 3.05) is 46.3 Å². The van der Waals surface area contributed by atoms with Crippen molar-refractivity contribution in [3.8, 4) is 0 Å². The molecule has 2 saturated heterocycles. The van der Waals surface area contributed by atoms with Crippen LogP contribution in [0.1, 0.15) is 39.5 Å². The first-order valence-electron chi connectivity index (χ1n) is 10.2. The van der Waals surface area contributed by atoms with Crippen LogP contribution in [0.4, 0.5) is 0 Å². The minimum Gasteiger partial charge on any atom is -0.369 e. The van der Waals surface area contributed by atoms with Crippen LogP contribution >= 0.6 is 0 Å². The summed E-state index contributed by atoms with van der Waals surface area (Å²) >= 11 is 0. The van der Waals surface area contributed by atoms with Crippen LogP contribution in [0, 0.1) is 11.8 Å². The van der Waals surface area contributed by atoms with Gasteiger partial charge in [0.1, 0.15) is 0 Å². The van der Waals surface area contributed by atoms with Gasteiger partial charge in [-0.25, -0.2) is 0 Å². The van der Waals surface area contributed by atoms with Crippen molar-refractivity contribution < 1.29 is 9.59 Å². The highest BCUT2D eigenvalue weighted by molar-refractivity contribution is 5.81. The number of nitrogens with zero attached hydrogens (tertiary/aromatic N) is 3. The summed E-state index contributed by atoms with van der Waals surface area (Å²) in [4.78, 5) is 32.0. The van der Waals surface area contributed by atoms with Gasteiger partial charge in [-0.15, -0.1) is 0 Å². The number of nitrogens with one attached hydrogen (secondary N) is 2. The van der Waals surface area contributed by atoms with E-state index in [1.807, 2.05) is 18.7 Å². The molecular formula is C19H36N6O2. The summed E-state index contributed by atoms with van der Waals surface area (Å²) in [7, 11) is 1.77. The van der Waals surface area contributed by atoms with Crippen LogP contribution in [0.2, 0.25) is 0 Å². The molecule has 0 aromatic heterocycles. The van der Waals surface area contributed by atoms with E-state index in [-0.39, 0.29) is 29.7 Å². The number of carbonyl (C=O) groups is 2. The zero-order chi connectivity index (χ0) is 19.8. The Labute approximate surface area is 162 Å². The number of amides is 2. The lowest BCUT2D eigenvalue weighted by molar-refractivity contribution is -0.133. The Bertz CT molecular complexity index is 536. The predicted molar refractivity (Wildman–Crippen MR) is 107 cm³/mol. The van der Waals surface area contributed by atoms with Crippen LogP contribution in [-0.2, 0) is 9.59 Å². The molecule has 154 valence electrons. The number of rotatable bonds is 7. The van der Waals surface area contributed by atoms with E-state index in [9.17, 15) is 9.59 Å². The van der Waals surface area contributed by atoms with E-state index in [1.54, 1.807) is 7.05 Å². The number of piperidine rings is 1. The Kier molecular flexibility index (Phi) is 8.34. The van der Waals surface area contributed by atoms with Crippen LogP contribution in [-0.4, -0.2) is 79.9 Å². The molecule has 2 rings (SSSR count). The number of primary amides is 1. The summed E-state index contributed by atoms with van der Waals surface area (Å²) < 4.78 is 0. The largest absolute Gasteiger partial charge is 0.369 e. The highest BCUT2D eigenvalue weighted by Crippen LogP contribution is 2.16. The van der Waals surface area contributed by atoms with Gasteiger partial charge in [0.25, 0.3) is 0 Å². The molecule has 0 bridgehead atoms. The fourth-order valence-corrected chi connectivity index (χ4v) is 3.83. The normalized spacial score (nSPS) is 24.3. The van der Waals surface area contributed by atoms with Crippen LogP contribution in [0.15, 0.2) is 4.99 Å². The number of guanidine groups is 1. The van der Waals surface area contributed by atoms with Crippen LogP contribution in [0.5, 0.6) is 0 Å². The monoisotopic (exact) mass is 380 g/mol. The van der Waals surface area contributed by atoms with E-state index in [0.717, 1.165) is 70.9 Å². The van der Waals surface area contributed by atoms with Gasteiger partial charge in [-0.2, -0.15) is 0 Å². The quantitative estimate of drug-likeness (QED) is 0.328. The molecule has 2 aliphatic heterocycles. The molecule has 2 unspecified atom stereocenters. The van der Waals surface area contributed by atoms with Gasteiger partial charge in [-0.3, -0.25) is 14.6 Å². The lowest BCUT2D eigenvalue weighted by Crippen LogP contribution is -2.46. The van der Waals surface area contributed by atoms with Gasteiger partial charge < -0.3 is 26.2 Å². The van der Waals surface area contributed by atoms with E-state index in [4.69, 9.17) is 5.73 Å². The van der Waals surface area contributed by atoms with E-state index >= 15 is 0 Å². The zero-order valence-electron chi connectivity index (χ0n) is 17.0. The number of carbonyl (C=O) groups excluding carboxylic acids is 2. The summed E-state index contributed by atoms with van der Waals surface area (Å²) in [6.45, 7) is 9.02. The van der Waals surface area contributed by atoms with Crippen LogP contribution < -0.4 is 16.4 Å². The lowest BCUT2D eigenvalue weighted by Gasteiger charge is -2.31. The highest BCUT2D eigenvalue weighted by atomic mass is 16.2. The molecule has 8 heteroatoms. The van der Waals surface area contributed by atoms with Gasteiger partial charge in [-0.1, -0.05) is 13.8 Å². The Morgan fingerprint density at radius 3 is 2.67 bits per heavy atom.